The fourth-order valence-electron chi connectivity index (χ4n) is 3.21. The number of alkyl halides is 1. The molecule has 1 aromatic carbocycles. The second-order valence-electron chi connectivity index (χ2n) is 6.45. The molecule has 0 aliphatic carbocycles. The largest absolute Gasteiger partial charge is 0.404 e. The Morgan fingerprint density at radius 1 is 1.37 bits per heavy atom. The van der Waals surface area contributed by atoms with Crippen LogP contribution in [0.15, 0.2) is 47.7 Å². The molecule has 27 heavy (non-hydrogen) atoms. The molecule has 7 heteroatoms. The first-order chi connectivity index (χ1) is 13.2. The van der Waals surface area contributed by atoms with Crippen molar-refractivity contribution < 1.29 is 4.39 Å². The molecule has 1 saturated heterocycles. The quantitative estimate of drug-likeness (QED) is 0.696. The van der Waals surface area contributed by atoms with Crippen LogP contribution in [-0.2, 0) is 0 Å². The van der Waals surface area contributed by atoms with Crippen LogP contribution in [0.2, 0.25) is 0 Å². The third kappa shape index (κ3) is 3.55. The van der Waals surface area contributed by atoms with Crippen LogP contribution in [0, 0.1) is 0 Å². The van der Waals surface area contributed by atoms with Gasteiger partial charge in [0.15, 0.2) is 0 Å². The van der Waals surface area contributed by atoms with Crippen LogP contribution in [0.25, 0.3) is 26.4 Å². The number of thiazole rings is 1. The van der Waals surface area contributed by atoms with Crippen molar-refractivity contribution in [2.24, 2.45) is 10.7 Å². The molecule has 2 N–H and O–H groups in total. The van der Waals surface area contributed by atoms with Crippen molar-refractivity contribution in [3.63, 3.8) is 0 Å². The summed E-state index contributed by atoms with van der Waals surface area (Å²) in [7, 11) is 1.72. The highest BCUT2D eigenvalue weighted by molar-refractivity contribution is 7.21. The zero-order chi connectivity index (χ0) is 18.8. The molecule has 0 radical (unpaired) electrons. The lowest BCUT2D eigenvalue weighted by Crippen LogP contribution is -2.20. The van der Waals surface area contributed by atoms with E-state index in [4.69, 9.17) is 10.7 Å². The van der Waals surface area contributed by atoms with Gasteiger partial charge in [0.25, 0.3) is 0 Å². The highest BCUT2D eigenvalue weighted by Gasteiger charge is 2.22. The molecule has 4 rings (SSSR count). The van der Waals surface area contributed by atoms with Gasteiger partial charge < -0.3 is 10.6 Å². The molecule has 1 atom stereocenters. The normalized spacial score (nSPS) is 18.1. The number of aliphatic imine (C=N–C) groups is 1. The molecule has 5 nitrogen and oxygen atoms in total. The fraction of sp³-hybridized carbons (Fsp3) is 0.250. The van der Waals surface area contributed by atoms with E-state index >= 15 is 0 Å². The Bertz CT molecular complexity index is 1010. The first-order valence-electron chi connectivity index (χ1n) is 8.78. The van der Waals surface area contributed by atoms with Gasteiger partial charge >= 0.3 is 0 Å². The maximum atomic E-state index is 13.4. The number of allylic oxidation sites excluding steroid dienone is 1. The van der Waals surface area contributed by atoms with Gasteiger partial charge in [0.1, 0.15) is 17.0 Å². The number of benzene rings is 1. The third-order valence-electron chi connectivity index (χ3n) is 4.62. The number of hydrogen-bond acceptors (Lipinski definition) is 6. The van der Waals surface area contributed by atoms with Gasteiger partial charge in [-0.15, -0.1) is 11.3 Å². The van der Waals surface area contributed by atoms with E-state index in [9.17, 15) is 4.39 Å². The molecular formula is C20H20FN5S. The summed E-state index contributed by atoms with van der Waals surface area (Å²) in [4.78, 5) is 15.3. The molecule has 0 bridgehead atoms. The Morgan fingerprint density at radius 2 is 2.26 bits per heavy atom. The summed E-state index contributed by atoms with van der Waals surface area (Å²) in [6.45, 7) is 1.14. The van der Waals surface area contributed by atoms with Crippen LogP contribution < -0.4 is 10.6 Å². The van der Waals surface area contributed by atoms with Gasteiger partial charge in [-0.1, -0.05) is 6.07 Å². The number of halogens is 1. The van der Waals surface area contributed by atoms with E-state index in [1.807, 2.05) is 41.4 Å². The van der Waals surface area contributed by atoms with Crippen molar-refractivity contribution in [2.75, 3.05) is 25.0 Å². The Balaban J connectivity index is 1.62. The zero-order valence-electron chi connectivity index (χ0n) is 15.0. The Hall–Kier alpha value is -2.80. The van der Waals surface area contributed by atoms with Gasteiger partial charge in [0.2, 0.25) is 0 Å². The van der Waals surface area contributed by atoms with Crippen LogP contribution in [0.4, 0.5) is 10.2 Å². The van der Waals surface area contributed by atoms with Gasteiger partial charge in [0.05, 0.1) is 16.8 Å². The number of nitrogens with zero attached hydrogens (tertiary/aromatic N) is 4. The molecule has 1 aliphatic rings. The molecule has 1 aliphatic heterocycles. The van der Waals surface area contributed by atoms with Crippen molar-refractivity contribution in [3.8, 4) is 10.6 Å². The molecular weight excluding hydrogens is 361 g/mol. The number of hydrogen-bond donors (Lipinski definition) is 1. The van der Waals surface area contributed by atoms with Crippen LogP contribution in [0.1, 0.15) is 12.0 Å². The lowest BCUT2D eigenvalue weighted by atomic mass is 10.1. The number of pyridine rings is 1. The van der Waals surface area contributed by atoms with Crippen LogP contribution in [-0.4, -0.2) is 42.5 Å². The first-order valence-corrected chi connectivity index (χ1v) is 9.60. The second-order valence-corrected chi connectivity index (χ2v) is 7.48. The van der Waals surface area contributed by atoms with Crippen molar-refractivity contribution in [2.45, 2.75) is 12.6 Å². The van der Waals surface area contributed by atoms with Gasteiger partial charge in [-0.05, 0) is 36.2 Å². The van der Waals surface area contributed by atoms with Gasteiger partial charge in [0, 0.05) is 43.3 Å². The van der Waals surface area contributed by atoms with Gasteiger partial charge in [-0.2, -0.15) is 0 Å². The van der Waals surface area contributed by atoms with E-state index in [-0.39, 0.29) is 0 Å². The lowest BCUT2D eigenvalue weighted by molar-refractivity contribution is 0.364. The summed E-state index contributed by atoms with van der Waals surface area (Å²) in [6, 6.07) is 10.0. The van der Waals surface area contributed by atoms with E-state index in [1.54, 1.807) is 30.8 Å². The SMILES string of the molecule is CN=CC(=CN)c1ccc2sc(-c3ccc(N4CC[C@@H](F)C4)nc3)nc2c1. The molecule has 138 valence electrons. The predicted octanol–water partition coefficient (Wildman–Crippen LogP) is 3.91. The summed E-state index contributed by atoms with van der Waals surface area (Å²) in [5, 5.41) is 0.911. The van der Waals surface area contributed by atoms with Crippen LogP contribution in [0.3, 0.4) is 0 Å². The smallest absolute Gasteiger partial charge is 0.128 e. The van der Waals surface area contributed by atoms with E-state index in [0.717, 1.165) is 44.3 Å². The standard InChI is InChI=1S/C20H20FN5S/c1-23-10-15(9-22)13-2-4-18-17(8-13)25-20(27-18)14-3-5-19(24-11-14)26-7-6-16(21)12-26/h2-5,8-11,16H,6-7,12,22H2,1H3/t16-/m1/s1. The first kappa shape index (κ1) is 17.6. The minimum absolute atomic E-state index is 0.425. The average molecular weight is 381 g/mol. The molecule has 3 heterocycles. The minimum Gasteiger partial charge on any atom is -0.404 e. The highest BCUT2D eigenvalue weighted by atomic mass is 32.1. The van der Waals surface area contributed by atoms with E-state index in [0.29, 0.717) is 13.0 Å². The fourth-order valence-corrected chi connectivity index (χ4v) is 4.14. The molecule has 0 saturated carbocycles. The average Bonchev–Trinajstić information content (AvgIpc) is 3.32. The third-order valence-corrected chi connectivity index (χ3v) is 5.70. The van der Waals surface area contributed by atoms with Crippen molar-refractivity contribution in [3.05, 3.63) is 48.3 Å². The minimum atomic E-state index is -0.754. The Kier molecular flexibility index (Phi) is 4.85. The van der Waals surface area contributed by atoms with Crippen LogP contribution in [0.5, 0.6) is 0 Å². The van der Waals surface area contributed by atoms with Crippen molar-refractivity contribution >= 4 is 39.2 Å². The van der Waals surface area contributed by atoms with E-state index < -0.39 is 6.17 Å². The predicted molar refractivity (Wildman–Crippen MR) is 111 cm³/mol. The number of nitrogens with two attached hydrogens (primary N) is 1. The van der Waals surface area contributed by atoms with Crippen LogP contribution >= 0.6 is 11.3 Å². The summed E-state index contributed by atoms with van der Waals surface area (Å²) < 4.78 is 14.5. The van der Waals surface area contributed by atoms with Gasteiger partial charge in [-0.25, -0.2) is 14.4 Å². The maximum Gasteiger partial charge on any atom is 0.128 e. The summed E-state index contributed by atoms with van der Waals surface area (Å²) >= 11 is 1.62. The summed E-state index contributed by atoms with van der Waals surface area (Å²) in [6.07, 6.45) is 4.91. The molecule has 1 fully saturated rings. The molecule has 0 unspecified atom stereocenters. The van der Waals surface area contributed by atoms with Crippen molar-refractivity contribution in [1.29, 1.82) is 0 Å². The summed E-state index contributed by atoms with van der Waals surface area (Å²) in [5.41, 5.74) is 9.42. The second kappa shape index (κ2) is 7.44. The van der Waals surface area contributed by atoms with Gasteiger partial charge in [-0.3, -0.25) is 4.99 Å². The number of aromatic nitrogens is 2. The highest BCUT2D eigenvalue weighted by Crippen LogP contribution is 2.32. The van der Waals surface area contributed by atoms with Crippen molar-refractivity contribution in [1.82, 2.24) is 9.97 Å². The molecule has 2 aromatic heterocycles. The van der Waals surface area contributed by atoms with E-state index in [2.05, 4.69) is 9.98 Å². The lowest BCUT2D eigenvalue weighted by Gasteiger charge is -2.15. The molecule has 3 aromatic rings. The zero-order valence-corrected chi connectivity index (χ0v) is 15.8. The molecule has 0 spiro atoms. The Morgan fingerprint density at radius 3 is 2.93 bits per heavy atom. The Labute approximate surface area is 161 Å². The maximum absolute atomic E-state index is 13.4. The number of fused-ring (bicyclic) bond motifs is 1. The topological polar surface area (TPSA) is 67.4 Å². The number of rotatable bonds is 4. The number of anilines is 1. The summed E-state index contributed by atoms with van der Waals surface area (Å²) in [5.74, 6) is 0.818. The monoisotopic (exact) mass is 381 g/mol. The van der Waals surface area contributed by atoms with E-state index in [1.165, 1.54) is 0 Å². The molecule has 0 amide bonds.